The number of carboxylic acid groups (broad SMARTS) is 1. The first-order valence-electron chi connectivity index (χ1n) is 9.34. The number of benzene rings is 2. The Bertz CT molecular complexity index is 986. The number of nitrogens with zero attached hydrogens (tertiary/aromatic N) is 1. The van der Waals surface area contributed by atoms with Gasteiger partial charge in [0.05, 0.1) is 20.3 Å². The molecule has 0 spiro atoms. The minimum absolute atomic E-state index is 0.0971. The maximum atomic E-state index is 11.2. The van der Waals surface area contributed by atoms with Crippen molar-refractivity contribution < 1.29 is 23.8 Å². The van der Waals surface area contributed by atoms with E-state index in [0.717, 1.165) is 37.4 Å². The van der Waals surface area contributed by atoms with E-state index in [1.54, 1.807) is 7.11 Å². The van der Waals surface area contributed by atoms with Gasteiger partial charge in [-0.2, -0.15) is 0 Å². The third-order valence-electron chi connectivity index (χ3n) is 5.33. The van der Waals surface area contributed by atoms with Crippen LogP contribution in [-0.2, 0) is 4.74 Å². The van der Waals surface area contributed by atoms with E-state index in [9.17, 15) is 9.90 Å². The van der Waals surface area contributed by atoms with Crippen molar-refractivity contribution in [2.45, 2.75) is 13.0 Å². The van der Waals surface area contributed by atoms with Gasteiger partial charge in [0.15, 0.2) is 11.3 Å². The third kappa shape index (κ3) is 3.48. The van der Waals surface area contributed by atoms with Crippen molar-refractivity contribution in [1.82, 2.24) is 4.90 Å². The van der Waals surface area contributed by atoms with Crippen LogP contribution in [0.1, 0.15) is 29.1 Å². The van der Waals surface area contributed by atoms with E-state index in [1.165, 1.54) is 11.6 Å². The largest absolute Gasteiger partial charge is 0.493 e. The Hall–Kier alpha value is -2.83. The molecule has 0 radical (unpaired) electrons. The molecule has 0 bridgehead atoms. The molecule has 146 valence electrons. The van der Waals surface area contributed by atoms with Gasteiger partial charge in [-0.1, -0.05) is 24.3 Å². The first kappa shape index (κ1) is 18.5. The summed E-state index contributed by atoms with van der Waals surface area (Å²) in [6.07, 6.45) is 0. The maximum absolute atomic E-state index is 11.2. The van der Waals surface area contributed by atoms with Crippen LogP contribution in [0.15, 0.2) is 46.9 Å². The van der Waals surface area contributed by atoms with Crippen LogP contribution in [0.3, 0.4) is 0 Å². The second-order valence-electron chi connectivity index (χ2n) is 6.96. The lowest BCUT2D eigenvalue weighted by Gasteiger charge is -2.32. The lowest BCUT2D eigenvalue weighted by atomic mass is 9.99. The molecule has 6 nitrogen and oxygen atoms in total. The summed E-state index contributed by atoms with van der Waals surface area (Å²) in [7, 11) is 1.55. The Morgan fingerprint density at radius 1 is 1.11 bits per heavy atom. The summed E-state index contributed by atoms with van der Waals surface area (Å²) in [5.74, 6) is -0.674. The van der Waals surface area contributed by atoms with Crippen molar-refractivity contribution in [3.8, 4) is 16.9 Å². The average Bonchev–Trinajstić information content (AvgIpc) is 3.18. The molecule has 4 rings (SSSR count). The third-order valence-corrected chi connectivity index (χ3v) is 5.33. The number of hydrogen-bond acceptors (Lipinski definition) is 5. The van der Waals surface area contributed by atoms with Gasteiger partial charge in [0.1, 0.15) is 0 Å². The molecule has 1 saturated heterocycles. The number of hydrogen-bond donors (Lipinski definition) is 1. The number of carboxylic acids is 1. The number of furan rings is 1. The van der Waals surface area contributed by atoms with E-state index in [-0.39, 0.29) is 5.76 Å². The number of carbonyl (C=O) groups is 1. The molecule has 3 aromatic rings. The van der Waals surface area contributed by atoms with E-state index in [2.05, 4.69) is 36.1 Å². The molecule has 2 heterocycles. The van der Waals surface area contributed by atoms with Gasteiger partial charge >= 0.3 is 5.97 Å². The summed E-state index contributed by atoms with van der Waals surface area (Å²) in [6, 6.07) is 14.1. The molecular weight excluding hydrogens is 358 g/mol. The molecule has 1 aliphatic heterocycles. The van der Waals surface area contributed by atoms with Crippen molar-refractivity contribution in [2.75, 3.05) is 33.4 Å². The van der Waals surface area contributed by atoms with Gasteiger partial charge in [-0.3, -0.25) is 4.90 Å². The minimum Gasteiger partial charge on any atom is -0.493 e. The number of morpholine rings is 1. The Balaban J connectivity index is 1.65. The molecule has 0 unspecified atom stereocenters. The zero-order valence-corrected chi connectivity index (χ0v) is 16.0. The minimum atomic E-state index is -1.10. The number of methoxy groups -OCH3 is 1. The molecule has 1 aromatic heterocycles. The topological polar surface area (TPSA) is 72.1 Å². The van der Waals surface area contributed by atoms with E-state index < -0.39 is 5.97 Å². The van der Waals surface area contributed by atoms with Gasteiger partial charge in [0.2, 0.25) is 5.76 Å². The van der Waals surface area contributed by atoms with Crippen molar-refractivity contribution in [1.29, 1.82) is 0 Å². The monoisotopic (exact) mass is 381 g/mol. The Labute approximate surface area is 163 Å². The predicted molar refractivity (Wildman–Crippen MR) is 106 cm³/mol. The molecular formula is C22H23NO5. The molecule has 0 amide bonds. The van der Waals surface area contributed by atoms with Crippen molar-refractivity contribution in [2.24, 2.45) is 0 Å². The smallest absolute Gasteiger partial charge is 0.371 e. The fourth-order valence-electron chi connectivity index (χ4n) is 3.67. The van der Waals surface area contributed by atoms with Crippen molar-refractivity contribution in [3.05, 3.63) is 53.8 Å². The van der Waals surface area contributed by atoms with Crippen molar-refractivity contribution >= 4 is 16.9 Å². The highest BCUT2D eigenvalue weighted by Gasteiger charge is 2.19. The van der Waals surface area contributed by atoms with Gasteiger partial charge in [0, 0.05) is 24.5 Å². The first-order chi connectivity index (χ1) is 13.6. The number of rotatable bonds is 5. The Morgan fingerprint density at radius 2 is 1.82 bits per heavy atom. The van der Waals surface area contributed by atoms with Crippen LogP contribution in [0.4, 0.5) is 0 Å². The van der Waals surface area contributed by atoms with E-state index >= 15 is 0 Å². The molecule has 1 fully saturated rings. The SMILES string of the molecule is COc1cc(-c2ccc([C@H](C)N3CCOCC3)cc2)cc2cc(C(=O)O)oc12. The van der Waals surface area contributed by atoms with Crippen LogP contribution < -0.4 is 4.74 Å². The quantitative estimate of drug-likeness (QED) is 0.714. The van der Waals surface area contributed by atoms with Gasteiger partial charge in [-0.05, 0) is 41.8 Å². The van der Waals surface area contributed by atoms with Crippen molar-refractivity contribution in [3.63, 3.8) is 0 Å². The molecule has 1 atom stereocenters. The summed E-state index contributed by atoms with van der Waals surface area (Å²) in [4.78, 5) is 13.6. The number of fused-ring (bicyclic) bond motifs is 1. The van der Waals surface area contributed by atoms with Crippen LogP contribution >= 0.6 is 0 Å². The highest BCUT2D eigenvalue weighted by molar-refractivity contribution is 5.95. The zero-order valence-electron chi connectivity index (χ0n) is 16.0. The average molecular weight is 381 g/mol. The Kier molecular flexibility index (Phi) is 5.07. The van der Waals surface area contributed by atoms with Gasteiger partial charge in [-0.15, -0.1) is 0 Å². The van der Waals surface area contributed by atoms with Crippen LogP contribution in [-0.4, -0.2) is 49.4 Å². The molecule has 6 heteroatoms. The van der Waals surface area contributed by atoms with Gasteiger partial charge < -0.3 is 19.0 Å². The molecule has 1 N–H and O–H groups in total. The lowest BCUT2D eigenvalue weighted by Crippen LogP contribution is -2.37. The summed E-state index contributed by atoms with van der Waals surface area (Å²) < 4.78 is 16.3. The second kappa shape index (κ2) is 7.66. The highest BCUT2D eigenvalue weighted by Crippen LogP contribution is 2.35. The normalized spacial score (nSPS) is 16.2. The second-order valence-corrected chi connectivity index (χ2v) is 6.96. The van der Waals surface area contributed by atoms with Gasteiger partial charge in [-0.25, -0.2) is 4.79 Å². The van der Waals surface area contributed by atoms with Gasteiger partial charge in [0.25, 0.3) is 0 Å². The van der Waals surface area contributed by atoms with Crippen LogP contribution in [0.5, 0.6) is 5.75 Å². The summed E-state index contributed by atoms with van der Waals surface area (Å²) in [6.45, 7) is 5.68. The fourth-order valence-corrected chi connectivity index (χ4v) is 3.67. The molecule has 0 aliphatic carbocycles. The molecule has 28 heavy (non-hydrogen) atoms. The summed E-state index contributed by atoms with van der Waals surface area (Å²) in [5.41, 5.74) is 3.69. The first-order valence-corrected chi connectivity index (χ1v) is 9.34. The summed E-state index contributed by atoms with van der Waals surface area (Å²) >= 11 is 0. The Morgan fingerprint density at radius 3 is 2.46 bits per heavy atom. The molecule has 0 saturated carbocycles. The summed E-state index contributed by atoms with van der Waals surface area (Å²) in [5, 5.41) is 9.89. The van der Waals surface area contributed by atoms with Crippen LogP contribution in [0, 0.1) is 0 Å². The van der Waals surface area contributed by atoms with Crippen LogP contribution in [0.25, 0.3) is 22.1 Å². The zero-order chi connectivity index (χ0) is 19.7. The number of aromatic carboxylic acids is 1. The molecule has 1 aliphatic rings. The fraction of sp³-hybridized carbons (Fsp3) is 0.318. The lowest BCUT2D eigenvalue weighted by molar-refractivity contribution is 0.0198. The molecule has 2 aromatic carbocycles. The van der Waals surface area contributed by atoms with E-state index in [1.807, 2.05) is 12.1 Å². The van der Waals surface area contributed by atoms with E-state index in [0.29, 0.717) is 22.8 Å². The number of ether oxygens (including phenoxy) is 2. The highest BCUT2D eigenvalue weighted by atomic mass is 16.5. The maximum Gasteiger partial charge on any atom is 0.371 e. The van der Waals surface area contributed by atoms with Crippen LogP contribution in [0.2, 0.25) is 0 Å². The standard InChI is InChI=1S/C22H23NO5/c1-14(23-7-9-27-10-8-23)15-3-5-16(6-4-15)17-11-18-13-20(22(24)25)28-21(18)19(12-17)26-2/h3-6,11-14H,7-10H2,1-2H3,(H,24,25)/t14-/m0/s1. The van der Waals surface area contributed by atoms with E-state index in [4.69, 9.17) is 13.9 Å². The predicted octanol–water partition coefficient (Wildman–Crippen LogP) is 4.20.